The molecule has 1 heterocycles. The van der Waals surface area contributed by atoms with Crippen LogP contribution < -0.4 is 10.6 Å². The van der Waals surface area contributed by atoms with Crippen molar-refractivity contribution in [1.82, 2.24) is 25.3 Å². The number of nitrogens with zero attached hydrogens (tertiary/aromatic N) is 4. The molecule has 138 valence electrons. The Balaban J connectivity index is 2.44. The highest BCUT2D eigenvalue weighted by Gasteiger charge is 2.12. The highest BCUT2D eigenvalue weighted by atomic mass is 15.3. The largest absolute Gasteiger partial charge is 0.357 e. The highest BCUT2D eigenvalue weighted by Crippen LogP contribution is 2.03. The molecule has 0 bridgehead atoms. The zero-order valence-electron chi connectivity index (χ0n) is 16.3. The average Bonchev–Trinajstić information content (AvgIpc) is 3.01. The quantitative estimate of drug-likeness (QED) is 0.508. The maximum absolute atomic E-state index is 4.72. The molecule has 0 radical (unpaired) electrons. The van der Waals surface area contributed by atoms with E-state index in [0.717, 1.165) is 38.7 Å². The summed E-state index contributed by atoms with van der Waals surface area (Å²) in [7, 11) is 0. The van der Waals surface area contributed by atoms with E-state index >= 15 is 0 Å². The molecular formula is C18H36N6. The van der Waals surface area contributed by atoms with E-state index in [0.29, 0.717) is 18.0 Å². The van der Waals surface area contributed by atoms with E-state index in [4.69, 9.17) is 4.99 Å². The second kappa shape index (κ2) is 11.1. The normalized spacial score (nSPS) is 13.8. The van der Waals surface area contributed by atoms with E-state index in [9.17, 15) is 0 Å². The van der Waals surface area contributed by atoms with Gasteiger partial charge in [-0.2, -0.15) is 5.10 Å². The van der Waals surface area contributed by atoms with Crippen LogP contribution in [-0.2, 0) is 6.54 Å². The first-order valence-electron chi connectivity index (χ1n) is 9.19. The van der Waals surface area contributed by atoms with Crippen LogP contribution in [0.3, 0.4) is 0 Å². The van der Waals surface area contributed by atoms with Crippen molar-refractivity contribution in [3.8, 4) is 0 Å². The van der Waals surface area contributed by atoms with Crippen molar-refractivity contribution in [3.63, 3.8) is 0 Å². The summed E-state index contributed by atoms with van der Waals surface area (Å²) < 4.78 is 1.96. The standard InChI is InChI=1S/C18H36N6/c1-7-19-18(20-10-12-24(15(2)3)16(4)5)21-13-17(6)14-23-11-8-9-22-23/h8-9,11,15-17H,7,10,12-14H2,1-6H3,(H2,19,20,21). The Morgan fingerprint density at radius 2 is 1.88 bits per heavy atom. The van der Waals surface area contributed by atoms with Crippen LogP contribution >= 0.6 is 0 Å². The summed E-state index contributed by atoms with van der Waals surface area (Å²) in [6.07, 6.45) is 3.81. The van der Waals surface area contributed by atoms with E-state index in [1.807, 2.05) is 23.1 Å². The second-order valence-electron chi connectivity index (χ2n) is 6.90. The van der Waals surface area contributed by atoms with Gasteiger partial charge in [0.2, 0.25) is 0 Å². The number of hydrogen-bond acceptors (Lipinski definition) is 3. The third-order valence-electron chi connectivity index (χ3n) is 3.95. The minimum Gasteiger partial charge on any atom is -0.357 e. The predicted molar refractivity (Wildman–Crippen MR) is 102 cm³/mol. The van der Waals surface area contributed by atoms with Crippen LogP contribution in [-0.4, -0.2) is 58.9 Å². The summed E-state index contributed by atoms with van der Waals surface area (Å²) >= 11 is 0. The Morgan fingerprint density at radius 1 is 1.17 bits per heavy atom. The molecule has 1 rings (SSSR count). The van der Waals surface area contributed by atoms with Crippen LogP contribution in [0.1, 0.15) is 41.5 Å². The van der Waals surface area contributed by atoms with Gasteiger partial charge in [-0.15, -0.1) is 0 Å². The van der Waals surface area contributed by atoms with Gasteiger partial charge in [0.1, 0.15) is 0 Å². The Kier molecular flexibility index (Phi) is 9.45. The van der Waals surface area contributed by atoms with Gasteiger partial charge >= 0.3 is 0 Å². The number of hydrogen-bond donors (Lipinski definition) is 2. The number of guanidine groups is 1. The first kappa shape index (κ1) is 20.5. The van der Waals surface area contributed by atoms with Crippen molar-refractivity contribution in [3.05, 3.63) is 18.5 Å². The lowest BCUT2D eigenvalue weighted by Gasteiger charge is -2.30. The fraction of sp³-hybridized carbons (Fsp3) is 0.778. The van der Waals surface area contributed by atoms with E-state index in [-0.39, 0.29) is 0 Å². The summed E-state index contributed by atoms with van der Waals surface area (Å²) in [5.74, 6) is 1.35. The molecule has 0 aliphatic rings. The Morgan fingerprint density at radius 3 is 2.42 bits per heavy atom. The van der Waals surface area contributed by atoms with Gasteiger partial charge in [0.25, 0.3) is 0 Å². The van der Waals surface area contributed by atoms with E-state index in [1.165, 1.54) is 0 Å². The third-order valence-corrected chi connectivity index (χ3v) is 3.95. The minimum absolute atomic E-state index is 0.447. The zero-order valence-corrected chi connectivity index (χ0v) is 16.3. The van der Waals surface area contributed by atoms with E-state index in [2.05, 4.69) is 62.2 Å². The molecule has 1 atom stereocenters. The fourth-order valence-corrected chi connectivity index (χ4v) is 2.79. The van der Waals surface area contributed by atoms with Gasteiger partial charge in [0, 0.05) is 57.2 Å². The molecule has 1 aromatic rings. The summed E-state index contributed by atoms with van der Waals surface area (Å²) in [6, 6.07) is 3.07. The molecule has 0 spiro atoms. The van der Waals surface area contributed by atoms with Gasteiger partial charge in [0.15, 0.2) is 5.96 Å². The van der Waals surface area contributed by atoms with Crippen LogP contribution in [0.2, 0.25) is 0 Å². The summed E-state index contributed by atoms with van der Waals surface area (Å²) in [4.78, 5) is 7.20. The molecule has 2 N–H and O–H groups in total. The molecule has 0 amide bonds. The third kappa shape index (κ3) is 7.81. The second-order valence-corrected chi connectivity index (χ2v) is 6.90. The van der Waals surface area contributed by atoms with Gasteiger partial charge in [-0.05, 0) is 46.6 Å². The zero-order chi connectivity index (χ0) is 17.9. The van der Waals surface area contributed by atoms with Crippen molar-refractivity contribution < 1.29 is 0 Å². The van der Waals surface area contributed by atoms with Crippen LogP contribution in [0, 0.1) is 5.92 Å². The highest BCUT2D eigenvalue weighted by molar-refractivity contribution is 5.79. The van der Waals surface area contributed by atoms with Crippen molar-refractivity contribution in [1.29, 1.82) is 0 Å². The van der Waals surface area contributed by atoms with Gasteiger partial charge in [-0.25, -0.2) is 0 Å². The fourth-order valence-electron chi connectivity index (χ4n) is 2.79. The van der Waals surface area contributed by atoms with Crippen molar-refractivity contribution >= 4 is 5.96 Å². The molecule has 1 aromatic heterocycles. The predicted octanol–water partition coefficient (Wildman–Crippen LogP) is 2.19. The maximum Gasteiger partial charge on any atom is 0.191 e. The smallest absolute Gasteiger partial charge is 0.191 e. The maximum atomic E-state index is 4.72. The monoisotopic (exact) mass is 336 g/mol. The van der Waals surface area contributed by atoms with E-state index < -0.39 is 0 Å². The van der Waals surface area contributed by atoms with Crippen LogP contribution in [0.4, 0.5) is 0 Å². The summed E-state index contributed by atoms with van der Waals surface area (Å²) in [6.45, 7) is 17.7. The molecule has 0 saturated heterocycles. The molecule has 1 unspecified atom stereocenters. The van der Waals surface area contributed by atoms with Crippen LogP contribution in [0.25, 0.3) is 0 Å². The number of aliphatic imine (C=N–C) groups is 1. The van der Waals surface area contributed by atoms with Gasteiger partial charge < -0.3 is 10.6 Å². The SMILES string of the molecule is CCNC(=NCC(C)Cn1cccn1)NCCN(C(C)C)C(C)C. The molecular weight excluding hydrogens is 300 g/mol. The number of rotatable bonds is 10. The topological polar surface area (TPSA) is 57.5 Å². The minimum atomic E-state index is 0.447. The van der Waals surface area contributed by atoms with Gasteiger partial charge in [-0.3, -0.25) is 14.6 Å². The van der Waals surface area contributed by atoms with E-state index in [1.54, 1.807) is 0 Å². The van der Waals surface area contributed by atoms with Crippen molar-refractivity contribution in [2.45, 2.75) is 60.2 Å². The molecule has 6 heteroatoms. The molecule has 0 aliphatic heterocycles. The summed E-state index contributed by atoms with van der Waals surface area (Å²) in [5.41, 5.74) is 0. The average molecular weight is 337 g/mol. The van der Waals surface area contributed by atoms with Crippen LogP contribution in [0.15, 0.2) is 23.5 Å². The van der Waals surface area contributed by atoms with Gasteiger partial charge in [-0.1, -0.05) is 6.92 Å². The first-order valence-corrected chi connectivity index (χ1v) is 9.19. The molecule has 0 saturated carbocycles. The number of nitrogens with one attached hydrogen (secondary N) is 2. The van der Waals surface area contributed by atoms with Gasteiger partial charge in [0.05, 0.1) is 0 Å². The molecule has 0 fully saturated rings. The first-order chi connectivity index (χ1) is 11.4. The molecule has 0 aromatic carbocycles. The molecule has 6 nitrogen and oxygen atoms in total. The molecule has 24 heavy (non-hydrogen) atoms. The molecule has 0 aliphatic carbocycles. The lowest BCUT2D eigenvalue weighted by atomic mass is 10.2. The van der Waals surface area contributed by atoms with Crippen molar-refractivity contribution in [2.75, 3.05) is 26.2 Å². The van der Waals surface area contributed by atoms with Crippen molar-refractivity contribution in [2.24, 2.45) is 10.9 Å². The Hall–Kier alpha value is -1.56. The Bertz CT molecular complexity index is 444. The Labute approximate surface area is 147 Å². The number of aromatic nitrogens is 2. The lowest BCUT2D eigenvalue weighted by Crippen LogP contribution is -2.45. The lowest BCUT2D eigenvalue weighted by molar-refractivity contribution is 0.178. The van der Waals surface area contributed by atoms with Crippen LogP contribution in [0.5, 0.6) is 0 Å². The summed E-state index contributed by atoms with van der Waals surface area (Å²) in [5, 5.41) is 11.0.